The molecule has 1 aliphatic heterocycles. The van der Waals surface area contributed by atoms with Crippen LogP contribution >= 0.6 is 0 Å². The predicted octanol–water partition coefficient (Wildman–Crippen LogP) is 2.47. The summed E-state index contributed by atoms with van der Waals surface area (Å²) in [6, 6.07) is 5.82. The predicted molar refractivity (Wildman–Crippen MR) is 107 cm³/mol. The van der Waals surface area contributed by atoms with E-state index in [4.69, 9.17) is 0 Å². The highest BCUT2D eigenvalue weighted by atomic mass is 16.1. The zero-order valence-corrected chi connectivity index (χ0v) is 16.6. The summed E-state index contributed by atoms with van der Waals surface area (Å²) in [5.74, 6) is 1.77. The van der Waals surface area contributed by atoms with Crippen molar-refractivity contribution < 1.29 is 4.79 Å². The van der Waals surface area contributed by atoms with E-state index in [9.17, 15) is 4.79 Å². The lowest BCUT2D eigenvalue weighted by atomic mass is 10.1. The Morgan fingerprint density at radius 1 is 1.11 bits per heavy atom. The van der Waals surface area contributed by atoms with Crippen LogP contribution in [0, 0.1) is 13.8 Å². The lowest BCUT2D eigenvalue weighted by Crippen LogP contribution is -2.33. The third-order valence-corrected chi connectivity index (χ3v) is 4.73. The van der Waals surface area contributed by atoms with E-state index >= 15 is 0 Å². The fraction of sp³-hybridized carbons (Fsp3) is 0.500. The summed E-state index contributed by atoms with van der Waals surface area (Å²) in [6.07, 6.45) is 3.56. The van der Waals surface area contributed by atoms with Gasteiger partial charge in [-0.15, -0.1) is 0 Å². The zero-order chi connectivity index (χ0) is 19.4. The van der Waals surface area contributed by atoms with Gasteiger partial charge in [-0.05, 0) is 44.7 Å². The topological polar surface area (TPSA) is 74.2 Å². The molecule has 3 rings (SSSR count). The summed E-state index contributed by atoms with van der Waals surface area (Å²) in [4.78, 5) is 30.3. The standard InChI is InChI=1S/C20H28N6O/c1-14-8-9-16(15(2)12-14)18(27)21-13-17-22-19(25(3)4)24-20(23-17)26-10-6-5-7-11-26/h8-9,12H,5-7,10-11,13H2,1-4H3,(H,21,27). The lowest BCUT2D eigenvalue weighted by Gasteiger charge is -2.27. The largest absolute Gasteiger partial charge is 0.347 e. The van der Waals surface area contributed by atoms with E-state index < -0.39 is 0 Å². The van der Waals surface area contributed by atoms with E-state index in [1.807, 2.05) is 51.0 Å². The normalized spacial score (nSPS) is 14.1. The molecule has 0 unspecified atom stereocenters. The first-order chi connectivity index (χ1) is 12.9. The van der Waals surface area contributed by atoms with Gasteiger partial charge in [0.05, 0.1) is 6.54 Å². The Morgan fingerprint density at radius 2 is 1.85 bits per heavy atom. The van der Waals surface area contributed by atoms with Crippen LogP contribution in [0.4, 0.5) is 11.9 Å². The molecule has 0 saturated carbocycles. The minimum atomic E-state index is -0.112. The summed E-state index contributed by atoms with van der Waals surface area (Å²) < 4.78 is 0. The highest BCUT2D eigenvalue weighted by molar-refractivity contribution is 5.95. The van der Waals surface area contributed by atoms with Crippen molar-refractivity contribution in [1.82, 2.24) is 20.3 Å². The number of nitrogens with zero attached hydrogens (tertiary/aromatic N) is 5. The van der Waals surface area contributed by atoms with Crippen molar-refractivity contribution in [3.63, 3.8) is 0 Å². The van der Waals surface area contributed by atoms with Crippen molar-refractivity contribution in [2.45, 2.75) is 39.7 Å². The van der Waals surface area contributed by atoms with Crippen LogP contribution in [0.15, 0.2) is 18.2 Å². The maximum absolute atomic E-state index is 12.6. The molecule has 1 N–H and O–H groups in total. The molecule has 2 heterocycles. The Hall–Kier alpha value is -2.70. The number of amides is 1. The molecule has 1 saturated heterocycles. The van der Waals surface area contributed by atoms with Gasteiger partial charge < -0.3 is 15.1 Å². The number of benzene rings is 1. The van der Waals surface area contributed by atoms with Gasteiger partial charge in [-0.2, -0.15) is 15.0 Å². The molecule has 1 aromatic heterocycles. The Bertz CT molecular complexity index is 814. The third-order valence-electron chi connectivity index (χ3n) is 4.73. The number of anilines is 2. The summed E-state index contributed by atoms with van der Waals surface area (Å²) >= 11 is 0. The zero-order valence-electron chi connectivity index (χ0n) is 16.6. The van der Waals surface area contributed by atoms with E-state index in [0.717, 1.165) is 37.1 Å². The summed E-state index contributed by atoms with van der Waals surface area (Å²) in [6.45, 7) is 6.17. The van der Waals surface area contributed by atoms with E-state index in [1.165, 1.54) is 6.42 Å². The molecule has 0 aliphatic carbocycles. The minimum Gasteiger partial charge on any atom is -0.347 e. The van der Waals surface area contributed by atoms with Gasteiger partial charge in [0.25, 0.3) is 5.91 Å². The molecular weight excluding hydrogens is 340 g/mol. The molecular formula is C20H28N6O. The number of carbonyl (C=O) groups excluding carboxylic acids is 1. The van der Waals surface area contributed by atoms with Crippen LogP contribution < -0.4 is 15.1 Å². The first-order valence-corrected chi connectivity index (χ1v) is 9.47. The molecule has 144 valence electrons. The number of rotatable bonds is 5. The van der Waals surface area contributed by atoms with Gasteiger partial charge in [0.15, 0.2) is 5.82 Å². The molecule has 1 aliphatic rings. The van der Waals surface area contributed by atoms with Crippen LogP contribution in [0.1, 0.15) is 46.6 Å². The number of aromatic nitrogens is 3. The smallest absolute Gasteiger partial charge is 0.251 e. The molecule has 7 heteroatoms. The van der Waals surface area contributed by atoms with Gasteiger partial charge >= 0.3 is 0 Å². The molecule has 1 amide bonds. The summed E-state index contributed by atoms with van der Waals surface area (Å²) in [7, 11) is 3.82. The highest BCUT2D eigenvalue weighted by Crippen LogP contribution is 2.18. The van der Waals surface area contributed by atoms with Gasteiger partial charge in [0.1, 0.15) is 0 Å². The highest BCUT2D eigenvalue weighted by Gasteiger charge is 2.17. The second-order valence-electron chi connectivity index (χ2n) is 7.29. The van der Waals surface area contributed by atoms with Gasteiger partial charge in [-0.3, -0.25) is 4.79 Å². The van der Waals surface area contributed by atoms with E-state index in [2.05, 4.69) is 25.2 Å². The molecule has 2 aromatic rings. The number of carbonyl (C=O) groups is 1. The van der Waals surface area contributed by atoms with E-state index in [1.54, 1.807) is 0 Å². The molecule has 0 atom stereocenters. The lowest BCUT2D eigenvalue weighted by molar-refractivity contribution is 0.0949. The van der Waals surface area contributed by atoms with Crippen LogP contribution in [-0.4, -0.2) is 48.0 Å². The van der Waals surface area contributed by atoms with Gasteiger partial charge in [-0.25, -0.2) is 0 Å². The maximum Gasteiger partial charge on any atom is 0.251 e. The second kappa shape index (κ2) is 8.33. The average Bonchev–Trinajstić information content (AvgIpc) is 2.66. The van der Waals surface area contributed by atoms with Crippen molar-refractivity contribution >= 4 is 17.8 Å². The molecule has 0 radical (unpaired) electrons. The van der Waals surface area contributed by atoms with Crippen LogP contribution in [0.3, 0.4) is 0 Å². The summed E-state index contributed by atoms with van der Waals surface area (Å²) in [5, 5.41) is 2.94. The average molecular weight is 368 g/mol. The molecule has 27 heavy (non-hydrogen) atoms. The van der Waals surface area contributed by atoms with Gasteiger partial charge in [-0.1, -0.05) is 17.7 Å². The minimum absolute atomic E-state index is 0.112. The first-order valence-electron chi connectivity index (χ1n) is 9.47. The van der Waals surface area contributed by atoms with Gasteiger partial charge in [0, 0.05) is 32.7 Å². The molecule has 1 aromatic carbocycles. The molecule has 1 fully saturated rings. The maximum atomic E-state index is 12.6. The van der Waals surface area contributed by atoms with E-state index in [0.29, 0.717) is 23.3 Å². The van der Waals surface area contributed by atoms with Gasteiger partial charge in [0.2, 0.25) is 11.9 Å². The Morgan fingerprint density at radius 3 is 2.52 bits per heavy atom. The molecule has 0 spiro atoms. The fourth-order valence-corrected chi connectivity index (χ4v) is 3.23. The SMILES string of the molecule is Cc1ccc(C(=O)NCc2nc(N(C)C)nc(N3CCCCC3)n2)c(C)c1. The van der Waals surface area contributed by atoms with Crippen molar-refractivity contribution in [3.05, 3.63) is 40.7 Å². The molecule has 7 nitrogen and oxygen atoms in total. The second-order valence-corrected chi connectivity index (χ2v) is 7.29. The van der Waals surface area contributed by atoms with Crippen molar-refractivity contribution in [3.8, 4) is 0 Å². The van der Waals surface area contributed by atoms with Crippen LogP contribution in [0.2, 0.25) is 0 Å². The fourth-order valence-electron chi connectivity index (χ4n) is 3.23. The number of hydrogen-bond donors (Lipinski definition) is 1. The monoisotopic (exact) mass is 368 g/mol. The number of aryl methyl sites for hydroxylation is 2. The Balaban J connectivity index is 1.76. The van der Waals surface area contributed by atoms with Crippen molar-refractivity contribution in [2.24, 2.45) is 0 Å². The first kappa shape index (κ1) is 19.1. The van der Waals surface area contributed by atoms with E-state index in [-0.39, 0.29) is 12.5 Å². The Labute approximate surface area is 160 Å². The number of hydrogen-bond acceptors (Lipinski definition) is 6. The van der Waals surface area contributed by atoms with Crippen LogP contribution in [0.25, 0.3) is 0 Å². The molecule has 0 bridgehead atoms. The van der Waals surface area contributed by atoms with Crippen LogP contribution in [-0.2, 0) is 6.54 Å². The summed E-state index contributed by atoms with van der Waals surface area (Å²) in [5.41, 5.74) is 2.79. The quantitative estimate of drug-likeness (QED) is 0.874. The number of nitrogens with one attached hydrogen (secondary N) is 1. The van der Waals surface area contributed by atoms with Crippen molar-refractivity contribution in [1.29, 1.82) is 0 Å². The number of piperidine rings is 1. The third kappa shape index (κ3) is 4.72. The Kier molecular flexibility index (Phi) is 5.88. The van der Waals surface area contributed by atoms with Crippen molar-refractivity contribution in [2.75, 3.05) is 37.0 Å². The van der Waals surface area contributed by atoms with Crippen LogP contribution in [0.5, 0.6) is 0 Å².